The van der Waals surface area contributed by atoms with Gasteiger partial charge in [-0.05, 0) is 60.6 Å². The van der Waals surface area contributed by atoms with Crippen LogP contribution in [0.3, 0.4) is 0 Å². The van der Waals surface area contributed by atoms with Gasteiger partial charge in [0, 0.05) is 11.3 Å². The minimum absolute atomic E-state index is 0.0950. The standard InChI is InChI=1S/C19H20N2O2/c20-19(23)16-6-3-7-17(12-16)21-18(22)11-13-8-9-14-4-1-2-5-15(14)10-13/h3,6-10,12H,1-2,4-5,11H2,(H2,20,23)(H,21,22). The van der Waals surface area contributed by atoms with E-state index in [1.54, 1.807) is 24.3 Å². The number of amides is 2. The number of carbonyl (C=O) groups excluding carboxylic acids is 2. The Morgan fingerprint density at radius 1 is 1.00 bits per heavy atom. The van der Waals surface area contributed by atoms with E-state index in [1.165, 1.54) is 24.0 Å². The van der Waals surface area contributed by atoms with E-state index in [1.807, 2.05) is 6.07 Å². The Morgan fingerprint density at radius 2 is 1.78 bits per heavy atom. The van der Waals surface area contributed by atoms with Gasteiger partial charge >= 0.3 is 0 Å². The van der Waals surface area contributed by atoms with Crippen molar-refractivity contribution in [1.82, 2.24) is 0 Å². The van der Waals surface area contributed by atoms with Gasteiger partial charge in [0.1, 0.15) is 0 Å². The third-order valence-corrected chi connectivity index (χ3v) is 4.21. The molecule has 0 fully saturated rings. The fourth-order valence-electron chi connectivity index (χ4n) is 3.04. The normalized spacial score (nSPS) is 13.2. The largest absolute Gasteiger partial charge is 0.366 e. The minimum atomic E-state index is -0.504. The quantitative estimate of drug-likeness (QED) is 0.911. The van der Waals surface area contributed by atoms with Crippen molar-refractivity contribution in [2.75, 3.05) is 5.32 Å². The Morgan fingerprint density at radius 3 is 2.57 bits per heavy atom. The van der Waals surface area contributed by atoms with Crippen LogP contribution in [-0.2, 0) is 24.1 Å². The van der Waals surface area contributed by atoms with E-state index in [2.05, 4.69) is 17.4 Å². The number of nitrogens with one attached hydrogen (secondary N) is 1. The molecule has 118 valence electrons. The molecule has 0 heterocycles. The van der Waals surface area contributed by atoms with Gasteiger partial charge in [0.2, 0.25) is 11.8 Å². The molecule has 2 amide bonds. The number of hydrogen-bond donors (Lipinski definition) is 2. The zero-order chi connectivity index (χ0) is 16.2. The molecule has 23 heavy (non-hydrogen) atoms. The van der Waals surface area contributed by atoms with E-state index in [9.17, 15) is 9.59 Å². The average molecular weight is 308 g/mol. The molecule has 3 N–H and O–H groups in total. The number of anilines is 1. The Hall–Kier alpha value is -2.62. The van der Waals surface area contributed by atoms with Crippen molar-refractivity contribution in [3.05, 3.63) is 64.7 Å². The van der Waals surface area contributed by atoms with Gasteiger partial charge in [0.05, 0.1) is 6.42 Å². The molecule has 2 aromatic rings. The third kappa shape index (κ3) is 3.77. The van der Waals surface area contributed by atoms with E-state index in [4.69, 9.17) is 5.73 Å². The predicted octanol–water partition coefficient (Wildman–Crippen LogP) is 2.85. The van der Waals surface area contributed by atoms with Gasteiger partial charge in [0.15, 0.2) is 0 Å². The van der Waals surface area contributed by atoms with Crippen LogP contribution in [0.5, 0.6) is 0 Å². The van der Waals surface area contributed by atoms with Crippen LogP contribution in [0.1, 0.15) is 39.9 Å². The van der Waals surface area contributed by atoms with E-state index >= 15 is 0 Å². The summed E-state index contributed by atoms with van der Waals surface area (Å²) in [4.78, 5) is 23.4. The first-order chi connectivity index (χ1) is 11.1. The number of primary amides is 1. The lowest BCUT2D eigenvalue weighted by Crippen LogP contribution is -2.16. The maximum Gasteiger partial charge on any atom is 0.248 e. The van der Waals surface area contributed by atoms with Crippen LogP contribution >= 0.6 is 0 Å². The monoisotopic (exact) mass is 308 g/mol. The molecular formula is C19H20N2O2. The molecule has 0 aliphatic heterocycles. The Labute approximate surface area is 135 Å². The third-order valence-electron chi connectivity index (χ3n) is 4.21. The molecular weight excluding hydrogens is 288 g/mol. The van der Waals surface area contributed by atoms with Gasteiger partial charge < -0.3 is 11.1 Å². The molecule has 0 radical (unpaired) electrons. The molecule has 2 aromatic carbocycles. The highest BCUT2D eigenvalue weighted by Gasteiger charge is 2.11. The second kappa shape index (κ2) is 6.65. The van der Waals surface area contributed by atoms with E-state index in [0.29, 0.717) is 17.7 Å². The molecule has 0 unspecified atom stereocenters. The van der Waals surface area contributed by atoms with Gasteiger partial charge in [-0.2, -0.15) is 0 Å². The van der Waals surface area contributed by atoms with Crippen molar-refractivity contribution in [2.24, 2.45) is 5.73 Å². The second-order valence-corrected chi connectivity index (χ2v) is 5.98. The SMILES string of the molecule is NC(=O)c1cccc(NC(=O)Cc2ccc3c(c2)CCCC3)c1. The lowest BCUT2D eigenvalue weighted by atomic mass is 9.90. The highest BCUT2D eigenvalue weighted by Crippen LogP contribution is 2.22. The summed E-state index contributed by atoms with van der Waals surface area (Å²) in [7, 11) is 0. The van der Waals surface area contributed by atoms with Crippen molar-refractivity contribution in [3.8, 4) is 0 Å². The van der Waals surface area contributed by atoms with E-state index < -0.39 is 5.91 Å². The molecule has 1 aliphatic rings. The van der Waals surface area contributed by atoms with Crippen LogP contribution < -0.4 is 11.1 Å². The number of benzene rings is 2. The van der Waals surface area contributed by atoms with Gasteiger partial charge in [-0.25, -0.2) is 0 Å². The summed E-state index contributed by atoms with van der Waals surface area (Å²) in [5, 5.41) is 2.82. The van der Waals surface area contributed by atoms with Crippen LogP contribution in [0.25, 0.3) is 0 Å². The molecule has 4 nitrogen and oxygen atoms in total. The van der Waals surface area contributed by atoms with E-state index in [0.717, 1.165) is 18.4 Å². The van der Waals surface area contributed by atoms with Gasteiger partial charge in [-0.15, -0.1) is 0 Å². The van der Waals surface area contributed by atoms with Crippen LogP contribution in [0.2, 0.25) is 0 Å². The van der Waals surface area contributed by atoms with Crippen LogP contribution in [0, 0.1) is 0 Å². The Balaban J connectivity index is 1.67. The summed E-state index contributed by atoms with van der Waals surface area (Å²) in [5.74, 6) is -0.599. The van der Waals surface area contributed by atoms with Crippen molar-refractivity contribution in [3.63, 3.8) is 0 Å². The summed E-state index contributed by atoms with van der Waals surface area (Å²) >= 11 is 0. The zero-order valence-corrected chi connectivity index (χ0v) is 13.0. The summed E-state index contributed by atoms with van der Waals surface area (Å²) in [5.41, 5.74) is 10.0. The number of hydrogen-bond acceptors (Lipinski definition) is 2. The summed E-state index contributed by atoms with van der Waals surface area (Å²) in [6.45, 7) is 0. The molecule has 0 aromatic heterocycles. The Kier molecular flexibility index (Phi) is 4.42. The van der Waals surface area contributed by atoms with Crippen molar-refractivity contribution >= 4 is 17.5 Å². The second-order valence-electron chi connectivity index (χ2n) is 5.98. The molecule has 0 saturated heterocycles. The highest BCUT2D eigenvalue weighted by atomic mass is 16.2. The molecule has 4 heteroatoms. The van der Waals surface area contributed by atoms with Crippen LogP contribution in [0.4, 0.5) is 5.69 Å². The highest BCUT2D eigenvalue weighted by molar-refractivity contribution is 5.96. The maximum absolute atomic E-state index is 12.2. The Bertz CT molecular complexity index is 753. The molecule has 0 saturated carbocycles. The fourth-order valence-corrected chi connectivity index (χ4v) is 3.04. The number of rotatable bonds is 4. The maximum atomic E-state index is 12.2. The number of aryl methyl sites for hydroxylation is 2. The minimum Gasteiger partial charge on any atom is -0.366 e. The predicted molar refractivity (Wildman–Crippen MR) is 90.4 cm³/mol. The zero-order valence-electron chi connectivity index (χ0n) is 13.0. The molecule has 0 bridgehead atoms. The van der Waals surface area contributed by atoms with E-state index in [-0.39, 0.29) is 5.91 Å². The first-order valence-electron chi connectivity index (χ1n) is 7.92. The lowest BCUT2D eigenvalue weighted by molar-refractivity contribution is -0.115. The van der Waals surface area contributed by atoms with Gasteiger partial charge in [-0.1, -0.05) is 24.3 Å². The topological polar surface area (TPSA) is 72.2 Å². The van der Waals surface area contributed by atoms with Gasteiger partial charge in [0.25, 0.3) is 0 Å². The number of carbonyl (C=O) groups is 2. The number of fused-ring (bicyclic) bond motifs is 1. The summed E-state index contributed by atoms with van der Waals surface area (Å²) in [6.07, 6.45) is 5.05. The lowest BCUT2D eigenvalue weighted by Gasteiger charge is -2.16. The first-order valence-corrected chi connectivity index (χ1v) is 7.92. The van der Waals surface area contributed by atoms with Crippen LogP contribution in [0.15, 0.2) is 42.5 Å². The molecule has 1 aliphatic carbocycles. The molecule has 3 rings (SSSR count). The van der Waals surface area contributed by atoms with Crippen molar-refractivity contribution < 1.29 is 9.59 Å². The number of nitrogens with two attached hydrogens (primary N) is 1. The van der Waals surface area contributed by atoms with Crippen molar-refractivity contribution in [2.45, 2.75) is 32.1 Å². The van der Waals surface area contributed by atoms with Crippen LogP contribution in [-0.4, -0.2) is 11.8 Å². The fraction of sp³-hybridized carbons (Fsp3) is 0.263. The van der Waals surface area contributed by atoms with Gasteiger partial charge in [-0.3, -0.25) is 9.59 Å². The summed E-state index contributed by atoms with van der Waals surface area (Å²) < 4.78 is 0. The van der Waals surface area contributed by atoms with Crippen molar-refractivity contribution in [1.29, 1.82) is 0 Å². The molecule has 0 spiro atoms. The molecule has 0 atom stereocenters. The summed E-state index contributed by atoms with van der Waals surface area (Å²) in [6, 6.07) is 13.0. The first kappa shape index (κ1) is 15.3. The smallest absolute Gasteiger partial charge is 0.248 e. The average Bonchev–Trinajstić information content (AvgIpc) is 2.55.